The Balaban J connectivity index is 1.66. The summed E-state index contributed by atoms with van der Waals surface area (Å²) >= 11 is 8.15. The van der Waals surface area contributed by atoms with Crippen molar-refractivity contribution in [3.8, 4) is 5.75 Å². The average Bonchev–Trinajstić information content (AvgIpc) is 2.67. The summed E-state index contributed by atoms with van der Waals surface area (Å²) < 4.78 is 6.16. The van der Waals surface area contributed by atoms with Crippen LogP contribution in [0.2, 0.25) is 0 Å². The second kappa shape index (κ2) is 9.19. The van der Waals surface area contributed by atoms with E-state index in [1.807, 2.05) is 32.0 Å². The molecule has 3 N–H and O–H groups in total. The summed E-state index contributed by atoms with van der Waals surface area (Å²) in [6.07, 6.45) is 1.44. The summed E-state index contributed by atoms with van der Waals surface area (Å²) in [5.74, 6) is -0.966. The number of rotatable bonds is 5. The largest absolute Gasteiger partial charge is 0.483 e. The van der Waals surface area contributed by atoms with Gasteiger partial charge >= 0.3 is 0 Å². The predicted octanol–water partition coefficient (Wildman–Crippen LogP) is 3.00. The van der Waals surface area contributed by atoms with Crippen LogP contribution in [0.4, 0.5) is 5.69 Å². The highest BCUT2D eigenvalue weighted by molar-refractivity contribution is 9.10. The number of carbonyl (C=O) groups excluding carboxylic acids is 3. The highest BCUT2D eigenvalue weighted by Crippen LogP contribution is 2.27. The van der Waals surface area contributed by atoms with Crippen LogP contribution in [0.3, 0.4) is 0 Å². The Labute approximate surface area is 187 Å². The zero-order chi connectivity index (χ0) is 21.8. The molecule has 7 nitrogen and oxygen atoms in total. The van der Waals surface area contributed by atoms with Crippen molar-refractivity contribution in [1.82, 2.24) is 10.6 Å². The fourth-order valence-electron chi connectivity index (χ4n) is 2.70. The molecule has 0 unspecified atom stereocenters. The van der Waals surface area contributed by atoms with Crippen LogP contribution in [-0.4, -0.2) is 29.4 Å². The van der Waals surface area contributed by atoms with Crippen molar-refractivity contribution in [2.24, 2.45) is 0 Å². The Kier molecular flexibility index (Phi) is 6.63. The number of aryl methyl sites for hydroxylation is 2. The molecular formula is C21H18BrN3O4S. The minimum absolute atomic E-state index is 0.0220. The van der Waals surface area contributed by atoms with Gasteiger partial charge in [-0.25, -0.2) is 0 Å². The predicted molar refractivity (Wildman–Crippen MR) is 121 cm³/mol. The molecule has 2 aromatic rings. The smallest absolute Gasteiger partial charge is 0.263 e. The Hall–Kier alpha value is -3.04. The SMILES string of the molecule is Cc1ccc(C)c(NC(=O)COc2ccc(C=C3C(=O)NC(=S)NC3=O)cc2Br)c1. The minimum atomic E-state index is -0.566. The summed E-state index contributed by atoms with van der Waals surface area (Å²) in [6.45, 7) is 3.70. The normalized spacial score (nSPS) is 13.4. The lowest BCUT2D eigenvalue weighted by Crippen LogP contribution is -2.51. The van der Waals surface area contributed by atoms with Crippen LogP contribution in [0.15, 0.2) is 46.4 Å². The number of carbonyl (C=O) groups is 3. The van der Waals surface area contributed by atoms with E-state index in [4.69, 9.17) is 17.0 Å². The molecule has 1 aliphatic heterocycles. The van der Waals surface area contributed by atoms with Crippen LogP contribution in [0.25, 0.3) is 6.08 Å². The number of nitrogens with one attached hydrogen (secondary N) is 3. The molecule has 9 heteroatoms. The highest BCUT2D eigenvalue weighted by atomic mass is 79.9. The van der Waals surface area contributed by atoms with Crippen LogP contribution in [0.1, 0.15) is 16.7 Å². The van der Waals surface area contributed by atoms with Crippen LogP contribution in [0.5, 0.6) is 5.75 Å². The van der Waals surface area contributed by atoms with Crippen molar-refractivity contribution >= 4 is 62.7 Å². The van der Waals surface area contributed by atoms with Gasteiger partial charge in [-0.2, -0.15) is 0 Å². The van der Waals surface area contributed by atoms with Crippen LogP contribution in [0, 0.1) is 13.8 Å². The lowest BCUT2D eigenvalue weighted by molar-refractivity contribution is -0.123. The fraction of sp³-hybridized carbons (Fsp3) is 0.143. The van der Waals surface area contributed by atoms with E-state index in [-0.39, 0.29) is 23.2 Å². The van der Waals surface area contributed by atoms with Gasteiger partial charge in [0.2, 0.25) is 0 Å². The Morgan fingerprint density at radius 2 is 1.83 bits per heavy atom. The first-order valence-corrected chi connectivity index (χ1v) is 10.1. The van der Waals surface area contributed by atoms with Gasteiger partial charge in [0, 0.05) is 5.69 Å². The van der Waals surface area contributed by atoms with Crippen molar-refractivity contribution in [2.75, 3.05) is 11.9 Å². The first-order chi connectivity index (χ1) is 14.2. The zero-order valence-corrected chi connectivity index (χ0v) is 18.6. The molecule has 0 saturated carbocycles. The van der Waals surface area contributed by atoms with E-state index >= 15 is 0 Å². The molecular weight excluding hydrogens is 470 g/mol. The zero-order valence-electron chi connectivity index (χ0n) is 16.2. The summed E-state index contributed by atoms with van der Waals surface area (Å²) in [4.78, 5) is 36.1. The molecule has 30 heavy (non-hydrogen) atoms. The number of ether oxygens (including phenoxy) is 1. The van der Waals surface area contributed by atoms with E-state index in [0.717, 1.165) is 16.8 Å². The molecule has 2 aromatic carbocycles. The van der Waals surface area contributed by atoms with Crippen LogP contribution in [-0.2, 0) is 14.4 Å². The van der Waals surface area contributed by atoms with Gasteiger partial charge in [0.15, 0.2) is 11.7 Å². The molecule has 0 atom stereocenters. The number of amides is 3. The van der Waals surface area contributed by atoms with E-state index in [9.17, 15) is 14.4 Å². The van der Waals surface area contributed by atoms with Gasteiger partial charge in [0.1, 0.15) is 11.3 Å². The molecule has 0 radical (unpaired) electrons. The van der Waals surface area contributed by atoms with E-state index in [1.165, 1.54) is 6.08 Å². The number of thiocarbonyl (C=S) groups is 1. The number of hydrogen-bond donors (Lipinski definition) is 3. The average molecular weight is 488 g/mol. The van der Waals surface area contributed by atoms with E-state index in [2.05, 4.69) is 31.9 Å². The molecule has 3 amide bonds. The van der Waals surface area contributed by atoms with Crippen LogP contribution >= 0.6 is 28.1 Å². The van der Waals surface area contributed by atoms with Crippen molar-refractivity contribution in [1.29, 1.82) is 0 Å². The topological polar surface area (TPSA) is 96.5 Å². The number of benzene rings is 2. The third-order valence-electron chi connectivity index (χ3n) is 4.24. The van der Waals surface area contributed by atoms with Crippen molar-refractivity contribution < 1.29 is 19.1 Å². The third kappa shape index (κ3) is 5.31. The minimum Gasteiger partial charge on any atom is -0.483 e. The Morgan fingerprint density at radius 3 is 2.50 bits per heavy atom. The molecule has 154 valence electrons. The third-order valence-corrected chi connectivity index (χ3v) is 5.06. The highest BCUT2D eigenvalue weighted by Gasteiger charge is 2.25. The molecule has 1 fully saturated rings. The van der Waals surface area contributed by atoms with Crippen molar-refractivity contribution in [3.63, 3.8) is 0 Å². The summed E-state index contributed by atoms with van der Waals surface area (Å²) in [5, 5.41) is 7.56. The second-order valence-electron chi connectivity index (χ2n) is 6.64. The lowest BCUT2D eigenvalue weighted by atomic mass is 10.1. The van der Waals surface area contributed by atoms with Crippen molar-refractivity contribution in [3.05, 3.63) is 63.1 Å². The molecule has 3 rings (SSSR count). The standard InChI is InChI=1S/C21H18BrN3O4S/c1-11-3-4-12(2)16(7-11)23-18(26)10-29-17-6-5-13(9-15(17)22)8-14-19(27)24-21(30)25-20(14)28/h3-9H,10H2,1-2H3,(H,23,26)(H2,24,25,27,28,30). The first-order valence-electron chi connectivity index (χ1n) is 8.91. The first kappa shape index (κ1) is 21.7. The molecule has 1 saturated heterocycles. The lowest BCUT2D eigenvalue weighted by Gasteiger charge is -2.16. The molecule has 0 spiro atoms. The number of hydrogen-bond acceptors (Lipinski definition) is 5. The summed E-state index contributed by atoms with van der Waals surface area (Å²) in [7, 11) is 0. The van der Waals surface area contributed by atoms with Gasteiger partial charge < -0.3 is 10.1 Å². The fourth-order valence-corrected chi connectivity index (χ4v) is 3.39. The Bertz CT molecular complexity index is 1080. The Morgan fingerprint density at radius 1 is 1.13 bits per heavy atom. The van der Waals surface area contributed by atoms with Gasteiger partial charge in [0.05, 0.1) is 4.47 Å². The summed E-state index contributed by atoms with van der Waals surface area (Å²) in [5.41, 5.74) is 3.29. The molecule has 1 aliphatic rings. The van der Waals surface area contributed by atoms with Crippen LogP contribution < -0.4 is 20.7 Å². The maximum absolute atomic E-state index is 12.2. The summed E-state index contributed by atoms with van der Waals surface area (Å²) in [6, 6.07) is 10.8. The maximum atomic E-state index is 12.2. The second-order valence-corrected chi connectivity index (χ2v) is 7.90. The molecule has 1 heterocycles. The monoisotopic (exact) mass is 487 g/mol. The van der Waals surface area contributed by atoms with Gasteiger partial charge in [-0.15, -0.1) is 0 Å². The van der Waals surface area contributed by atoms with Gasteiger partial charge in [-0.1, -0.05) is 18.2 Å². The van der Waals surface area contributed by atoms with Gasteiger partial charge in [-0.05, 0) is 83.0 Å². The van der Waals surface area contributed by atoms with E-state index < -0.39 is 11.8 Å². The van der Waals surface area contributed by atoms with Gasteiger partial charge in [0.25, 0.3) is 17.7 Å². The number of anilines is 1. The van der Waals surface area contributed by atoms with E-state index in [1.54, 1.807) is 18.2 Å². The number of halogens is 1. The molecule has 0 bridgehead atoms. The van der Waals surface area contributed by atoms with Gasteiger partial charge in [-0.3, -0.25) is 25.0 Å². The van der Waals surface area contributed by atoms with Crippen molar-refractivity contribution in [2.45, 2.75) is 13.8 Å². The van der Waals surface area contributed by atoms with E-state index in [0.29, 0.717) is 15.8 Å². The maximum Gasteiger partial charge on any atom is 0.263 e. The quantitative estimate of drug-likeness (QED) is 0.342. The molecule has 0 aromatic heterocycles. The molecule has 0 aliphatic carbocycles.